The third-order valence-electron chi connectivity index (χ3n) is 7.92. The highest BCUT2D eigenvalue weighted by Crippen LogP contribution is 2.67. The molecule has 4 aliphatic rings. The van der Waals surface area contributed by atoms with Crippen LogP contribution in [0.2, 0.25) is 0 Å². The zero-order valence-electron chi connectivity index (χ0n) is 15.6. The first-order valence-electron chi connectivity index (χ1n) is 9.54. The standard InChI is InChI=1S/C21H28O4/c1-12-6-7-16-19(2,3)8-5-9-21(16)20(12,4)11-13-17(24)14(22)10-15(23)18(13)25-21/h10,12,16,22H,5-9,11H2,1-4H3/t12-,16-,20+,21-/m1/s1. The molecule has 4 nitrogen and oxygen atoms in total. The van der Waals surface area contributed by atoms with Crippen LogP contribution in [0.4, 0.5) is 0 Å². The Morgan fingerprint density at radius 1 is 1.16 bits per heavy atom. The number of Topliss-reactive ketones (excluding diaryl/α,β-unsaturated/α-hetero) is 1. The van der Waals surface area contributed by atoms with Crippen LogP contribution in [0.1, 0.15) is 66.2 Å². The average molecular weight is 344 g/mol. The van der Waals surface area contributed by atoms with Gasteiger partial charge in [-0.2, -0.15) is 0 Å². The van der Waals surface area contributed by atoms with Crippen molar-refractivity contribution in [2.75, 3.05) is 0 Å². The molecule has 4 rings (SSSR count). The molecule has 0 amide bonds. The van der Waals surface area contributed by atoms with Crippen molar-refractivity contribution in [3.63, 3.8) is 0 Å². The van der Waals surface area contributed by atoms with Crippen LogP contribution in [0.25, 0.3) is 0 Å². The maximum atomic E-state index is 12.5. The lowest BCUT2D eigenvalue weighted by atomic mass is 9.44. The minimum atomic E-state index is -0.448. The Hall–Kier alpha value is -1.58. The van der Waals surface area contributed by atoms with Gasteiger partial charge in [-0.25, -0.2) is 0 Å². The van der Waals surface area contributed by atoms with Crippen LogP contribution in [-0.4, -0.2) is 22.3 Å². The highest BCUT2D eigenvalue weighted by atomic mass is 16.5. The van der Waals surface area contributed by atoms with Gasteiger partial charge in [-0.1, -0.05) is 27.7 Å². The smallest absolute Gasteiger partial charge is 0.227 e. The quantitative estimate of drug-likeness (QED) is 0.667. The van der Waals surface area contributed by atoms with Gasteiger partial charge in [0.05, 0.1) is 5.57 Å². The van der Waals surface area contributed by atoms with Gasteiger partial charge in [-0.3, -0.25) is 9.59 Å². The lowest BCUT2D eigenvalue weighted by Crippen LogP contribution is -2.66. The Labute approximate surface area is 149 Å². The van der Waals surface area contributed by atoms with Crippen molar-refractivity contribution in [3.8, 4) is 0 Å². The van der Waals surface area contributed by atoms with Gasteiger partial charge < -0.3 is 9.84 Å². The summed E-state index contributed by atoms with van der Waals surface area (Å²) in [6.45, 7) is 9.13. The second-order valence-corrected chi connectivity index (χ2v) is 9.49. The van der Waals surface area contributed by atoms with Crippen LogP contribution in [0, 0.1) is 22.7 Å². The van der Waals surface area contributed by atoms with E-state index in [1.54, 1.807) is 0 Å². The summed E-state index contributed by atoms with van der Waals surface area (Å²) in [6.07, 6.45) is 6.96. The molecule has 0 aromatic carbocycles. The Morgan fingerprint density at radius 2 is 1.88 bits per heavy atom. The van der Waals surface area contributed by atoms with Crippen LogP contribution in [0.5, 0.6) is 0 Å². The summed E-state index contributed by atoms with van der Waals surface area (Å²) < 4.78 is 6.58. The number of carbonyl (C=O) groups excluding carboxylic acids is 2. The molecule has 25 heavy (non-hydrogen) atoms. The lowest BCUT2D eigenvalue weighted by Gasteiger charge is -2.66. The van der Waals surface area contributed by atoms with E-state index in [1.165, 1.54) is 6.42 Å². The van der Waals surface area contributed by atoms with Crippen LogP contribution in [-0.2, 0) is 14.3 Å². The minimum Gasteiger partial charge on any atom is -0.504 e. The monoisotopic (exact) mass is 344 g/mol. The van der Waals surface area contributed by atoms with Crippen LogP contribution < -0.4 is 0 Å². The first-order chi connectivity index (χ1) is 11.6. The second-order valence-electron chi connectivity index (χ2n) is 9.49. The Bertz CT molecular complexity index is 728. The fraction of sp³-hybridized carbons (Fsp3) is 0.714. The summed E-state index contributed by atoms with van der Waals surface area (Å²) in [5.41, 5.74) is -0.0339. The number of allylic oxidation sites excluding steroid dienone is 2. The number of aliphatic hydroxyl groups is 1. The van der Waals surface area contributed by atoms with Crippen molar-refractivity contribution in [1.82, 2.24) is 0 Å². The van der Waals surface area contributed by atoms with Gasteiger partial charge >= 0.3 is 0 Å². The van der Waals surface area contributed by atoms with Crippen LogP contribution >= 0.6 is 0 Å². The molecule has 3 aliphatic carbocycles. The highest BCUT2D eigenvalue weighted by molar-refractivity contribution is 6.21. The zero-order chi connectivity index (χ0) is 18.2. The van der Waals surface area contributed by atoms with E-state index >= 15 is 0 Å². The van der Waals surface area contributed by atoms with Gasteiger partial charge in [0, 0.05) is 17.4 Å². The fourth-order valence-corrected chi connectivity index (χ4v) is 6.29. The summed E-state index contributed by atoms with van der Waals surface area (Å²) in [4.78, 5) is 25.0. The molecule has 0 saturated heterocycles. The molecule has 4 heteroatoms. The SMILES string of the molecule is C[C@@H]1CC[C@@H]2C(C)(C)CCC[C@@]23OC2=C(C[C@@]13C)C(=O)C(O)=CC2=O. The molecular formula is C21H28O4. The van der Waals surface area contributed by atoms with E-state index in [0.29, 0.717) is 23.8 Å². The predicted molar refractivity (Wildman–Crippen MR) is 93.8 cm³/mol. The number of aliphatic hydroxyl groups excluding tert-OH is 1. The fourth-order valence-electron chi connectivity index (χ4n) is 6.29. The van der Waals surface area contributed by atoms with Crippen molar-refractivity contribution in [1.29, 1.82) is 0 Å². The Kier molecular flexibility index (Phi) is 3.36. The molecule has 2 fully saturated rings. The van der Waals surface area contributed by atoms with E-state index in [4.69, 9.17) is 4.74 Å². The highest BCUT2D eigenvalue weighted by Gasteiger charge is 2.67. The van der Waals surface area contributed by atoms with E-state index in [9.17, 15) is 14.7 Å². The number of carbonyl (C=O) groups is 2. The predicted octanol–water partition coefficient (Wildman–Crippen LogP) is 4.26. The third-order valence-corrected chi connectivity index (χ3v) is 7.92. The van der Waals surface area contributed by atoms with Gasteiger partial charge in [0.1, 0.15) is 5.60 Å². The van der Waals surface area contributed by atoms with Gasteiger partial charge in [-0.15, -0.1) is 0 Å². The summed E-state index contributed by atoms with van der Waals surface area (Å²) in [5.74, 6) is -0.249. The van der Waals surface area contributed by atoms with Gasteiger partial charge in [-0.05, 0) is 49.9 Å². The average Bonchev–Trinajstić information content (AvgIpc) is 2.52. The molecule has 0 unspecified atom stereocenters. The topological polar surface area (TPSA) is 63.6 Å². The summed E-state index contributed by atoms with van der Waals surface area (Å²) in [6, 6.07) is 0. The Balaban J connectivity index is 1.89. The first-order valence-corrected chi connectivity index (χ1v) is 9.54. The molecule has 136 valence electrons. The summed E-state index contributed by atoms with van der Waals surface area (Å²) >= 11 is 0. The molecule has 1 N–H and O–H groups in total. The van der Waals surface area contributed by atoms with E-state index in [2.05, 4.69) is 27.7 Å². The van der Waals surface area contributed by atoms with E-state index < -0.39 is 11.5 Å². The van der Waals surface area contributed by atoms with Gasteiger partial charge in [0.15, 0.2) is 11.5 Å². The maximum absolute atomic E-state index is 12.5. The molecule has 0 aromatic heterocycles. The number of hydrogen-bond donors (Lipinski definition) is 1. The van der Waals surface area contributed by atoms with Crippen molar-refractivity contribution in [2.24, 2.45) is 22.7 Å². The number of hydrogen-bond acceptors (Lipinski definition) is 4. The van der Waals surface area contributed by atoms with Crippen molar-refractivity contribution in [3.05, 3.63) is 23.2 Å². The summed E-state index contributed by atoms with van der Waals surface area (Å²) in [7, 11) is 0. The van der Waals surface area contributed by atoms with E-state index in [-0.39, 0.29) is 28.0 Å². The molecule has 2 saturated carbocycles. The number of ether oxygens (including phenoxy) is 1. The van der Waals surface area contributed by atoms with Gasteiger partial charge in [0.25, 0.3) is 0 Å². The van der Waals surface area contributed by atoms with Crippen molar-refractivity contribution < 1.29 is 19.4 Å². The molecule has 1 aliphatic heterocycles. The van der Waals surface area contributed by atoms with E-state index in [1.807, 2.05) is 0 Å². The molecule has 1 spiro atoms. The third kappa shape index (κ3) is 2.00. The van der Waals surface area contributed by atoms with Gasteiger partial charge in [0.2, 0.25) is 11.6 Å². The largest absolute Gasteiger partial charge is 0.504 e. The van der Waals surface area contributed by atoms with E-state index in [0.717, 1.165) is 31.8 Å². The number of rotatable bonds is 0. The minimum absolute atomic E-state index is 0.164. The lowest BCUT2D eigenvalue weighted by molar-refractivity contribution is -0.237. The normalized spacial score (nSPS) is 42.8. The van der Waals surface area contributed by atoms with Crippen LogP contribution in [0.3, 0.4) is 0 Å². The second kappa shape index (κ2) is 4.99. The molecule has 0 radical (unpaired) electrons. The Morgan fingerprint density at radius 3 is 2.60 bits per heavy atom. The number of ketones is 2. The zero-order valence-corrected chi connectivity index (χ0v) is 15.6. The van der Waals surface area contributed by atoms with Crippen LogP contribution in [0.15, 0.2) is 23.2 Å². The van der Waals surface area contributed by atoms with Crippen molar-refractivity contribution in [2.45, 2.75) is 71.8 Å². The molecule has 0 aromatic rings. The molecule has 1 heterocycles. The maximum Gasteiger partial charge on any atom is 0.227 e. The first kappa shape index (κ1) is 16.9. The molecular weight excluding hydrogens is 316 g/mol. The van der Waals surface area contributed by atoms with Crippen molar-refractivity contribution >= 4 is 11.6 Å². The molecule has 4 atom stereocenters. The molecule has 0 bridgehead atoms. The summed E-state index contributed by atoms with van der Waals surface area (Å²) in [5, 5.41) is 9.85.